The summed E-state index contributed by atoms with van der Waals surface area (Å²) in [7, 11) is 0. The van der Waals surface area contributed by atoms with Crippen LogP contribution in [-0.4, -0.2) is 23.9 Å². The Kier molecular flexibility index (Phi) is 2.89. The maximum atomic E-state index is 7.83. The van der Waals surface area contributed by atoms with E-state index in [0.717, 1.165) is 41.7 Å². The largest absolute Gasteiger partial charge is 0.384 e. The lowest BCUT2D eigenvalue weighted by atomic mass is 9.93. The minimum atomic E-state index is 0.0861. The SMILES string of the molecule is CC1(C)CCN(c2c(C(=N)N)cnc3ccccc23)C1. The summed E-state index contributed by atoms with van der Waals surface area (Å²) in [6, 6.07) is 8.07. The Labute approximate surface area is 119 Å². The van der Waals surface area contributed by atoms with Crippen LogP contribution in [0, 0.1) is 10.8 Å². The first kappa shape index (κ1) is 12.9. The molecular weight excluding hydrogens is 248 g/mol. The Morgan fingerprint density at radius 2 is 2.10 bits per heavy atom. The van der Waals surface area contributed by atoms with Crippen LogP contribution in [-0.2, 0) is 0 Å². The van der Waals surface area contributed by atoms with E-state index in [4.69, 9.17) is 11.1 Å². The Balaban J connectivity index is 2.21. The zero-order chi connectivity index (χ0) is 14.3. The Hall–Kier alpha value is -2.10. The molecule has 0 amide bonds. The van der Waals surface area contributed by atoms with Crippen LogP contribution in [0.3, 0.4) is 0 Å². The first-order valence-electron chi connectivity index (χ1n) is 6.95. The van der Waals surface area contributed by atoms with Gasteiger partial charge in [0, 0.05) is 24.7 Å². The number of nitrogens with one attached hydrogen (secondary N) is 1. The number of aromatic nitrogens is 1. The van der Waals surface area contributed by atoms with Crippen LogP contribution in [0.1, 0.15) is 25.8 Å². The molecule has 0 bridgehead atoms. The van der Waals surface area contributed by atoms with Gasteiger partial charge in [0.2, 0.25) is 0 Å². The molecule has 2 aromatic rings. The fourth-order valence-electron chi connectivity index (χ4n) is 2.97. The van der Waals surface area contributed by atoms with Gasteiger partial charge in [-0.3, -0.25) is 10.4 Å². The maximum absolute atomic E-state index is 7.83. The summed E-state index contributed by atoms with van der Waals surface area (Å²) in [4.78, 5) is 6.77. The quantitative estimate of drug-likeness (QED) is 0.650. The molecule has 1 aromatic carbocycles. The van der Waals surface area contributed by atoms with Gasteiger partial charge >= 0.3 is 0 Å². The molecular formula is C16H20N4. The first-order chi connectivity index (χ1) is 9.48. The van der Waals surface area contributed by atoms with Crippen molar-refractivity contribution >= 4 is 22.4 Å². The molecule has 4 heteroatoms. The summed E-state index contributed by atoms with van der Waals surface area (Å²) in [6.07, 6.45) is 2.88. The monoisotopic (exact) mass is 268 g/mol. The Bertz CT molecular complexity index is 675. The van der Waals surface area contributed by atoms with E-state index < -0.39 is 0 Å². The number of benzene rings is 1. The highest BCUT2D eigenvalue weighted by atomic mass is 15.2. The van der Waals surface area contributed by atoms with Gasteiger partial charge in [-0.05, 0) is 17.9 Å². The van der Waals surface area contributed by atoms with E-state index in [0.29, 0.717) is 5.41 Å². The minimum absolute atomic E-state index is 0.0861. The zero-order valence-electron chi connectivity index (χ0n) is 12.0. The van der Waals surface area contributed by atoms with Gasteiger partial charge in [-0.15, -0.1) is 0 Å². The van der Waals surface area contributed by atoms with Crippen LogP contribution in [0.5, 0.6) is 0 Å². The third kappa shape index (κ3) is 2.11. The number of pyridine rings is 1. The lowest BCUT2D eigenvalue weighted by Crippen LogP contribution is -2.26. The first-order valence-corrected chi connectivity index (χ1v) is 6.95. The number of rotatable bonds is 2. The third-order valence-corrected chi connectivity index (χ3v) is 4.03. The molecule has 0 unspecified atom stereocenters. The normalized spacial score (nSPS) is 17.6. The highest BCUT2D eigenvalue weighted by molar-refractivity contribution is 6.07. The van der Waals surface area contributed by atoms with Crippen molar-refractivity contribution in [3.05, 3.63) is 36.0 Å². The Morgan fingerprint density at radius 1 is 1.35 bits per heavy atom. The van der Waals surface area contributed by atoms with E-state index in [-0.39, 0.29) is 5.84 Å². The number of nitrogens with zero attached hydrogens (tertiary/aromatic N) is 2. The number of hydrogen-bond acceptors (Lipinski definition) is 3. The molecule has 0 atom stereocenters. The number of amidine groups is 1. The number of para-hydroxylation sites is 1. The molecule has 4 nitrogen and oxygen atoms in total. The van der Waals surface area contributed by atoms with Crippen molar-refractivity contribution in [2.75, 3.05) is 18.0 Å². The molecule has 1 saturated heterocycles. The number of nitrogens with two attached hydrogens (primary N) is 1. The van der Waals surface area contributed by atoms with Gasteiger partial charge in [-0.25, -0.2) is 0 Å². The van der Waals surface area contributed by atoms with E-state index in [2.05, 4.69) is 29.8 Å². The standard InChI is InChI=1S/C16H20N4/c1-16(2)7-8-20(10-16)14-11-5-3-4-6-13(11)19-9-12(14)15(17)18/h3-6,9H,7-8,10H2,1-2H3,(H3,17,18). The summed E-state index contributed by atoms with van der Waals surface area (Å²) < 4.78 is 0. The summed E-state index contributed by atoms with van der Waals surface area (Å²) in [5.74, 6) is 0.0861. The molecule has 0 radical (unpaired) electrons. The van der Waals surface area contributed by atoms with Gasteiger partial charge in [-0.2, -0.15) is 0 Å². The molecule has 0 saturated carbocycles. The Morgan fingerprint density at radius 3 is 2.75 bits per heavy atom. The second kappa shape index (κ2) is 4.47. The smallest absolute Gasteiger partial charge is 0.126 e. The number of hydrogen-bond donors (Lipinski definition) is 2. The highest BCUT2D eigenvalue weighted by Gasteiger charge is 2.31. The van der Waals surface area contributed by atoms with Crippen molar-refractivity contribution in [3.8, 4) is 0 Å². The van der Waals surface area contributed by atoms with Crippen LogP contribution in [0.25, 0.3) is 10.9 Å². The van der Waals surface area contributed by atoms with Crippen molar-refractivity contribution in [3.63, 3.8) is 0 Å². The molecule has 3 N–H and O–H groups in total. The van der Waals surface area contributed by atoms with E-state index >= 15 is 0 Å². The van der Waals surface area contributed by atoms with Crippen molar-refractivity contribution in [2.24, 2.45) is 11.1 Å². The molecule has 3 rings (SSSR count). The molecule has 0 spiro atoms. The fourth-order valence-corrected chi connectivity index (χ4v) is 2.97. The number of anilines is 1. The zero-order valence-corrected chi connectivity index (χ0v) is 12.0. The predicted molar refractivity (Wildman–Crippen MR) is 83.4 cm³/mol. The van der Waals surface area contributed by atoms with Crippen molar-refractivity contribution < 1.29 is 0 Å². The fraction of sp³-hybridized carbons (Fsp3) is 0.375. The van der Waals surface area contributed by atoms with E-state index in [1.165, 1.54) is 0 Å². The molecule has 2 heterocycles. The molecule has 1 fully saturated rings. The van der Waals surface area contributed by atoms with Crippen LogP contribution in [0.2, 0.25) is 0 Å². The second-order valence-corrected chi connectivity index (χ2v) is 6.29. The molecule has 1 aliphatic heterocycles. The molecule has 0 aliphatic carbocycles. The second-order valence-electron chi connectivity index (χ2n) is 6.29. The van der Waals surface area contributed by atoms with Gasteiger partial charge in [0.25, 0.3) is 0 Å². The van der Waals surface area contributed by atoms with Gasteiger partial charge in [0.05, 0.1) is 16.8 Å². The number of fused-ring (bicyclic) bond motifs is 1. The van der Waals surface area contributed by atoms with Gasteiger partial charge in [-0.1, -0.05) is 32.0 Å². The predicted octanol–water partition coefficient (Wildman–Crippen LogP) is 2.76. The molecule has 20 heavy (non-hydrogen) atoms. The van der Waals surface area contributed by atoms with Gasteiger partial charge in [0.1, 0.15) is 5.84 Å². The average Bonchev–Trinajstić information content (AvgIpc) is 2.77. The number of nitrogen functional groups attached to an aromatic ring is 1. The minimum Gasteiger partial charge on any atom is -0.384 e. The molecule has 104 valence electrons. The highest BCUT2D eigenvalue weighted by Crippen LogP contribution is 2.37. The van der Waals surface area contributed by atoms with Crippen molar-refractivity contribution in [1.82, 2.24) is 4.98 Å². The topological polar surface area (TPSA) is 66.0 Å². The van der Waals surface area contributed by atoms with Crippen LogP contribution in [0.15, 0.2) is 30.5 Å². The molecule has 1 aliphatic rings. The van der Waals surface area contributed by atoms with Crippen LogP contribution in [0.4, 0.5) is 5.69 Å². The lowest BCUT2D eigenvalue weighted by Gasteiger charge is -2.25. The molecule has 1 aromatic heterocycles. The van der Waals surface area contributed by atoms with E-state index in [9.17, 15) is 0 Å². The van der Waals surface area contributed by atoms with Crippen LogP contribution >= 0.6 is 0 Å². The average molecular weight is 268 g/mol. The van der Waals surface area contributed by atoms with E-state index in [1.54, 1.807) is 6.20 Å². The van der Waals surface area contributed by atoms with E-state index in [1.807, 2.05) is 18.2 Å². The summed E-state index contributed by atoms with van der Waals surface area (Å²) >= 11 is 0. The van der Waals surface area contributed by atoms with Crippen molar-refractivity contribution in [2.45, 2.75) is 20.3 Å². The summed E-state index contributed by atoms with van der Waals surface area (Å²) in [5.41, 5.74) is 8.82. The summed E-state index contributed by atoms with van der Waals surface area (Å²) in [6.45, 7) is 6.55. The maximum Gasteiger partial charge on any atom is 0.126 e. The van der Waals surface area contributed by atoms with Gasteiger partial charge < -0.3 is 10.6 Å². The van der Waals surface area contributed by atoms with Gasteiger partial charge in [0.15, 0.2) is 0 Å². The van der Waals surface area contributed by atoms with Crippen LogP contribution < -0.4 is 10.6 Å². The third-order valence-electron chi connectivity index (χ3n) is 4.03. The van der Waals surface area contributed by atoms with Crippen molar-refractivity contribution in [1.29, 1.82) is 5.41 Å². The summed E-state index contributed by atoms with van der Waals surface area (Å²) in [5, 5.41) is 8.91. The lowest BCUT2D eigenvalue weighted by molar-refractivity contribution is 0.418.